The van der Waals surface area contributed by atoms with Gasteiger partial charge in [-0.2, -0.15) is 9.78 Å². The molecule has 114 valence electrons. The lowest BCUT2D eigenvalue weighted by molar-refractivity contribution is 0.739. The first-order valence-corrected chi connectivity index (χ1v) is 7.06. The van der Waals surface area contributed by atoms with Crippen LogP contribution in [0.1, 0.15) is 5.56 Å². The Kier molecular flexibility index (Phi) is 3.00. The zero-order valence-corrected chi connectivity index (χ0v) is 12.4. The molecule has 4 rings (SSSR count). The molecule has 23 heavy (non-hydrogen) atoms. The Hall–Kier alpha value is -3.29. The molecule has 3 aromatic heterocycles. The standard InChI is InChI=1S/C15H13N7O/c1-20-8-11(7-17-20)9-21-10-16-14-13(15(21)23)18-19-22(14)12-5-3-2-4-6-12/h2-8,10H,9H2,1H3. The molecule has 0 spiro atoms. The molecule has 0 atom stereocenters. The first-order chi connectivity index (χ1) is 11.2. The Morgan fingerprint density at radius 2 is 2.00 bits per heavy atom. The number of aromatic nitrogens is 7. The van der Waals surface area contributed by atoms with Gasteiger partial charge in [0.1, 0.15) is 6.33 Å². The lowest BCUT2D eigenvalue weighted by atomic mass is 10.3. The lowest BCUT2D eigenvalue weighted by Gasteiger charge is -2.03. The van der Waals surface area contributed by atoms with Gasteiger partial charge in [0.15, 0.2) is 11.2 Å². The smallest absolute Gasteiger partial charge is 0.283 e. The molecular weight excluding hydrogens is 294 g/mol. The highest BCUT2D eigenvalue weighted by Crippen LogP contribution is 2.11. The summed E-state index contributed by atoms with van der Waals surface area (Å²) in [7, 11) is 1.83. The van der Waals surface area contributed by atoms with Crippen LogP contribution in [-0.2, 0) is 13.6 Å². The van der Waals surface area contributed by atoms with Crippen LogP contribution in [-0.4, -0.2) is 34.3 Å². The normalized spacial score (nSPS) is 11.2. The zero-order valence-electron chi connectivity index (χ0n) is 12.4. The minimum atomic E-state index is -0.221. The van der Waals surface area contributed by atoms with Gasteiger partial charge in [0.05, 0.1) is 18.4 Å². The monoisotopic (exact) mass is 307 g/mol. The van der Waals surface area contributed by atoms with Crippen molar-refractivity contribution in [1.29, 1.82) is 0 Å². The van der Waals surface area contributed by atoms with Gasteiger partial charge in [-0.1, -0.05) is 23.4 Å². The van der Waals surface area contributed by atoms with E-state index in [2.05, 4.69) is 20.4 Å². The zero-order chi connectivity index (χ0) is 15.8. The van der Waals surface area contributed by atoms with E-state index in [0.717, 1.165) is 11.3 Å². The van der Waals surface area contributed by atoms with Crippen LogP contribution in [0.4, 0.5) is 0 Å². The average molecular weight is 307 g/mol. The SMILES string of the molecule is Cn1cc(Cn2cnc3c(nnn3-c3ccccc3)c2=O)cn1. The fourth-order valence-corrected chi connectivity index (χ4v) is 2.45. The molecule has 1 aromatic carbocycles. The van der Waals surface area contributed by atoms with Crippen molar-refractivity contribution in [3.63, 3.8) is 0 Å². The number of fused-ring (bicyclic) bond motifs is 1. The Morgan fingerprint density at radius 1 is 1.17 bits per heavy atom. The van der Waals surface area contributed by atoms with Gasteiger partial charge in [-0.3, -0.25) is 14.0 Å². The van der Waals surface area contributed by atoms with E-state index in [4.69, 9.17) is 0 Å². The van der Waals surface area contributed by atoms with Crippen LogP contribution in [0, 0.1) is 0 Å². The molecule has 0 aliphatic carbocycles. The molecule has 8 nitrogen and oxygen atoms in total. The van der Waals surface area contributed by atoms with Crippen molar-refractivity contribution < 1.29 is 0 Å². The van der Waals surface area contributed by atoms with Crippen molar-refractivity contribution in [1.82, 2.24) is 34.3 Å². The molecule has 0 aliphatic rings. The predicted molar refractivity (Wildman–Crippen MR) is 83.2 cm³/mol. The van der Waals surface area contributed by atoms with Gasteiger partial charge >= 0.3 is 0 Å². The molecule has 0 aliphatic heterocycles. The molecule has 0 amide bonds. The highest BCUT2D eigenvalue weighted by molar-refractivity contribution is 5.70. The maximum absolute atomic E-state index is 12.6. The minimum absolute atomic E-state index is 0.221. The largest absolute Gasteiger partial charge is 0.293 e. The van der Waals surface area contributed by atoms with Crippen LogP contribution in [0.3, 0.4) is 0 Å². The highest BCUT2D eigenvalue weighted by Gasteiger charge is 2.13. The second kappa shape index (κ2) is 5.16. The van der Waals surface area contributed by atoms with Crippen LogP contribution >= 0.6 is 0 Å². The molecule has 3 heterocycles. The third kappa shape index (κ3) is 2.30. The van der Waals surface area contributed by atoms with Gasteiger partial charge in [-0.05, 0) is 12.1 Å². The van der Waals surface area contributed by atoms with Crippen molar-refractivity contribution in [2.75, 3.05) is 0 Å². The van der Waals surface area contributed by atoms with Crippen molar-refractivity contribution in [3.05, 3.63) is 65.0 Å². The number of hydrogen-bond donors (Lipinski definition) is 0. The molecular formula is C15H13N7O. The van der Waals surface area contributed by atoms with Crippen molar-refractivity contribution in [2.45, 2.75) is 6.54 Å². The Labute approximate surface area is 130 Å². The van der Waals surface area contributed by atoms with E-state index >= 15 is 0 Å². The van der Waals surface area contributed by atoms with E-state index in [1.165, 1.54) is 10.9 Å². The Balaban J connectivity index is 1.79. The van der Waals surface area contributed by atoms with Crippen LogP contribution in [0.25, 0.3) is 16.9 Å². The van der Waals surface area contributed by atoms with Gasteiger partial charge < -0.3 is 0 Å². The molecule has 8 heteroatoms. The fraction of sp³-hybridized carbons (Fsp3) is 0.133. The van der Waals surface area contributed by atoms with Gasteiger partial charge in [0.2, 0.25) is 0 Å². The first-order valence-electron chi connectivity index (χ1n) is 7.06. The molecule has 0 N–H and O–H groups in total. The molecule has 0 fully saturated rings. The van der Waals surface area contributed by atoms with E-state index in [0.29, 0.717) is 12.2 Å². The summed E-state index contributed by atoms with van der Waals surface area (Å²) >= 11 is 0. The maximum Gasteiger partial charge on any atom is 0.283 e. The topological polar surface area (TPSA) is 83.4 Å². The molecule has 0 bridgehead atoms. The first kappa shape index (κ1) is 13.4. The quantitative estimate of drug-likeness (QED) is 0.558. The molecule has 0 saturated carbocycles. The maximum atomic E-state index is 12.6. The lowest BCUT2D eigenvalue weighted by Crippen LogP contribution is -2.21. The number of aryl methyl sites for hydroxylation is 1. The summed E-state index contributed by atoms with van der Waals surface area (Å²) in [6.45, 7) is 0.397. The van der Waals surface area contributed by atoms with E-state index in [1.54, 1.807) is 15.6 Å². The van der Waals surface area contributed by atoms with Crippen LogP contribution < -0.4 is 5.56 Å². The van der Waals surface area contributed by atoms with Crippen LogP contribution in [0.2, 0.25) is 0 Å². The van der Waals surface area contributed by atoms with Gasteiger partial charge in [0.25, 0.3) is 5.56 Å². The summed E-state index contributed by atoms with van der Waals surface area (Å²) in [5.74, 6) is 0. The van der Waals surface area contributed by atoms with Gasteiger partial charge in [0, 0.05) is 18.8 Å². The predicted octanol–water partition coefficient (Wildman–Crippen LogP) is 0.759. The minimum Gasteiger partial charge on any atom is -0.293 e. The van der Waals surface area contributed by atoms with E-state index in [-0.39, 0.29) is 11.1 Å². The average Bonchev–Trinajstić information content (AvgIpc) is 3.17. The summed E-state index contributed by atoms with van der Waals surface area (Å²) in [5, 5.41) is 12.1. The Bertz CT molecular complexity index is 1030. The van der Waals surface area contributed by atoms with Crippen LogP contribution in [0.5, 0.6) is 0 Å². The number of hydrogen-bond acceptors (Lipinski definition) is 5. The van der Waals surface area contributed by atoms with E-state index in [1.807, 2.05) is 43.6 Å². The molecule has 0 radical (unpaired) electrons. The number of benzene rings is 1. The number of para-hydroxylation sites is 1. The van der Waals surface area contributed by atoms with Crippen molar-refractivity contribution in [3.8, 4) is 5.69 Å². The van der Waals surface area contributed by atoms with Gasteiger partial charge in [-0.15, -0.1) is 5.10 Å². The summed E-state index contributed by atoms with van der Waals surface area (Å²) in [6, 6.07) is 9.48. The third-order valence-electron chi connectivity index (χ3n) is 3.54. The summed E-state index contributed by atoms with van der Waals surface area (Å²) in [6.07, 6.45) is 5.09. The molecule has 0 saturated heterocycles. The molecule has 4 aromatic rings. The van der Waals surface area contributed by atoms with Crippen molar-refractivity contribution in [2.24, 2.45) is 7.05 Å². The second-order valence-electron chi connectivity index (χ2n) is 5.21. The number of nitrogens with zero attached hydrogens (tertiary/aromatic N) is 7. The second-order valence-corrected chi connectivity index (χ2v) is 5.21. The summed E-state index contributed by atoms with van der Waals surface area (Å²) < 4.78 is 4.76. The van der Waals surface area contributed by atoms with E-state index in [9.17, 15) is 4.79 Å². The van der Waals surface area contributed by atoms with Gasteiger partial charge in [-0.25, -0.2) is 4.98 Å². The Morgan fingerprint density at radius 3 is 2.74 bits per heavy atom. The third-order valence-corrected chi connectivity index (χ3v) is 3.54. The fourth-order valence-electron chi connectivity index (χ4n) is 2.45. The van der Waals surface area contributed by atoms with Crippen molar-refractivity contribution >= 4 is 11.2 Å². The highest BCUT2D eigenvalue weighted by atomic mass is 16.1. The van der Waals surface area contributed by atoms with Crippen LogP contribution in [0.15, 0.2) is 53.8 Å². The van der Waals surface area contributed by atoms with E-state index < -0.39 is 0 Å². The number of rotatable bonds is 3. The summed E-state index contributed by atoms with van der Waals surface area (Å²) in [4.78, 5) is 16.9. The summed E-state index contributed by atoms with van der Waals surface area (Å²) in [5.41, 5.74) is 2.21. The molecule has 0 unspecified atom stereocenters.